The molecule has 1 N–H and O–H groups in total. The normalized spacial score (nSPS) is 22.9. The molecule has 28 heavy (non-hydrogen) atoms. The van der Waals surface area contributed by atoms with E-state index in [-0.39, 0.29) is 29.1 Å². The molecule has 1 spiro atoms. The van der Waals surface area contributed by atoms with Crippen LogP contribution in [0.3, 0.4) is 0 Å². The number of carbonyl (C=O) groups is 2. The first-order valence-electron chi connectivity index (χ1n) is 9.43. The zero-order valence-electron chi connectivity index (χ0n) is 15.8. The van der Waals surface area contributed by atoms with Crippen LogP contribution in [-0.4, -0.2) is 46.9 Å². The molecule has 3 amide bonds. The Bertz CT molecular complexity index is 891. The van der Waals surface area contributed by atoms with Crippen molar-refractivity contribution >= 4 is 17.6 Å². The Labute approximate surface area is 163 Å². The molecule has 1 aliphatic carbocycles. The molecule has 1 saturated carbocycles. The summed E-state index contributed by atoms with van der Waals surface area (Å²) in [6.07, 6.45) is 3.35. The molecule has 2 fully saturated rings. The van der Waals surface area contributed by atoms with Gasteiger partial charge in [0.15, 0.2) is 0 Å². The van der Waals surface area contributed by atoms with Crippen molar-refractivity contribution in [3.05, 3.63) is 60.2 Å². The molecule has 6 nitrogen and oxygen atoms in total. The number of rotatable bonds is 4. The second kappa shape index (κ2) is 7.22. The van der Waals surface area contributed by atoms with Gasteiger partial charge in [0.05, 0.1) is 12.2 Å². The van der Waals surface area contributed by atoms with Crippen molar-refractivity contribution in [2.24, 2.45) is 11.3 Å². The lowest BCUT2D eigenvalue weighted by Crippen LogP contribution is -2.34. The van der Waals surface area contributed by atoms with E-state index in [9.17, 15) is 14.0 Å². The highest BCUT2D eigenvalue weighted by atomic mass is 19.1. The van der Waals surface area contributed by atoms with Gasteiger partial charge in [0.1, 0.15) is 5.82 Å². The molecule has 2 aliphatic rings. The predicted octanol–water partition coefficient (Wildman–Crippen LogP) is 3.12. The number of hydrogen-bond donors (Lipinski definition) is 1. The SMILES string of the molecule is CN(Cc1ccccn1)C(=O)[C@H]1C[C@]12CCN(C(=O)Nc1cccc(F)c1)C2. The Morgan fingerprint density at radius 2 is 2.18 bits per heavy atom. The van der Waals surface area contributed by atoms with Crippen molar-refractivity contribution in [2.75, 3.05) is 25.5 Å². The maximum Gasteiger partial charge on any atom is 0.321 e. The van der Waals surface area contributed by atoms with Crippen LogP contribution in [0.4, 0.5) is 14.9 Å². The van der Waals surface area contributed by atoms with Gasteiger partial charge in [0.2, 0.25) is 5.91 Å². The number of hydrogen-bond acceptors (Lipinski definition) is 3. The van der Waals surface area contributed by atoms with Crippen LogP contribution < -0.4 is 5.32 Å². The molecule has 2 aromatic rings. The molecule has 4 rings (SSSR count). The molecule has 2 heterocycles. The minimum atomic E-state index is -0.389. The average molecular weight is 382 g/mol. The topological polar surface area (TPSA) is 65.5 Å². The van der Waals surface area contributed by atoms with E-state index < -0.39 is 0 Å². The average Bonchev–Trinajstić information content (AvgIpc) is 3.20. The lowest BCUT2D eigenvalue weighted by atomic mass is 10.0. The molecule has 1 saturated heterocycles. The smallest absolute Gasteiger partial charge is 0.321 e. The lowest BCUT2D eigenvalue weighted by molar-refractivity contribution is -0.132. The molecule has 0 unspecified atom stereocenters. The summed E-state index contributed by atoms with van der Waals surface area (Å²) in [5.41, 5.74) is 1.18. The van der Waals surface area contributed by atoms with E-state index in [1.807, 2.05) is 18.2 Å². The highest BCUT2D eigenvalue weighted by Gasteiger charge is 2.61. The third-order valence-electron chi connectivity index (χ3n) is 5.74. The van der Waals surface area contributed by atoms with E-state index in [1.54, 1.807) is 35.2 Å². The van der Waals surface area contributed by atoms with Crippen LogP contribution in [-0.2, 0) is 11.3 Å². The molecule has 146 valence electrons. The number of nitrogens with zero attached hydrogens (tertiary/aromatic N) is 3. The van der Waals surface area contributed by atoms with Gasteiger partial charge in [-0.2, -0.15) is 0 Å². The third-order valence-corrected chi connectivity index (χ3v) is 5.74. The Morgan fingerprint density at radius 3 is 2.93 bits per heavy atom. The molecule has 1 aliphatic heterocycles. The largest absolute Gasteiger partial charge is 0.340 e. The zero-order chi connectivity index (χ0) is 19.7. The molecule has 7 heteroatoms. The van der Waals surface area contributed by atoms with Crippen LogP contribution in [0.5, 0.6) is 0 Å². The molecular weight excluding hydrogens is 359 g/mol. The van der Waals surface area contributed by atoms with Crippen molar-refractivity contribution in [3.63, 3.8) is 0 Å². The Kier molecular flexibility index (Phi) is 4.75. The van der Waals surface area contributed by atoms with Crippen molar-refractivity contribution < 1.29 is 14.0 Å². The number of anilines is 1. The fourth-order valence-corrected chi connectivity index (χ4v) is 4.06. The predicted molar refractivity (Wildman–Crippen MR) is 103 cm³/mol. The van der Waals surface area contributed by atoms with Crippen molar-refractivity contribution in [1.82, 2.24) is 14.8 Å². The van der Waals surface area contributed by atoms with Gasteiger partial charge in [-0.15, -0.1) is 0 Å². The minimum absolute atomic E-state index is 0.0480. The van der Waals surface area contributed by atoms with Gasteiger partial charge < -0.3 is 15.1 Å². The van der Waals surface area contributed by atoms with Crippen LogP contribution in [0, 0.1) is 17.2 Å². The summed E-state index contributed by atoms with van der Waals surface area (Å²) in [5, 5.41) is 2.73. The number of pyridine rings is 1. The number of amides is 3. The summed E-state index contributed by atoms with van der Waals surface area (Å²) in [7, 11) is 1.80. The fraction of sp³-hybridized carbons (Fsp3) is 0.381. The number of aromatic nitrogens is 1. The van der Waals surface area contributed by atoms with Gasteiger partial charge in [-0.25, -0.2) is 9.18 Å². The van der Waals surface area contributed by atoms with Gasteiger partial charge in [-0.3, -0.25) is 9.78 Å². The van der Waals surface area contributed by atoms with E-state index in [4.69, 9.17) is 0 Å². The highest BCUT2D eigenvalue weighted by Crippen LogP contribution is 2.59. The highest BCUT2D eigenvalue weighted by molar-refractivity contribution is 5.90. The van der Waals surface area contributed by atoms with Gasteiger partial charge in [0, 0.05) is 43.4 Å². The first kappa shape index (κ1) is 18.4. The van der Waals surface area contributed by atoms with Crippen molar-refractivity contribution in [3.8, 4) is 0 Å². The van der Waals surface area contributed by atoms with Crippen molar-refractivity contribution in [2.45, 2.75) is 19.4 Å². The summed E-state index contributed by atoms with van der Waals surface area (Å²) in [5.74, 6) is -0.328. The molecular formula is C21H23FN4O2. The summed E-state index contributed by atoms with van der Waals surface area (Å²) in [6, 6.07) is 11.3. The summed E-state index contributed by atoms with van der Waals surface area (Å²) < 4.78 is 13.3. The molecule has 1 aromatic heterocycles. The van der Waals surface area contributed by atoms with Crippen LogP contribution >= 0.6 is 0 Å². The van der Waals surface area contributed by atoms with E-state index in [1.165, 1.54) is 12.1 Å². The number of nitrogens with one attached hydrogen (secondary N) is 1. The van der Waals surface area contributed by atoms with Crippen LogP contribution in [0.2, 0.25) is 0 Å². The van der Waals surface area contributed by atoms with Gasteiger partial charge >= 0.3 is 6.03 Å². The maximum absolute atomic E-state index is 13.3. The summed E-state index contributed by atoms with van der Waals surface area (Å²) in [6.45, 7) is 1.65. The lowest BCUT2D eigenvalue weighted by Gasteiger charge is -2.20. The molecule has 1 aromatic carbocycles. The van der Waals surface area contributed by atoms with E-state index >= 15 is 0 Å². The Balaban J connectivity index is 1.33. The van der Waals surface area contributed by atoms with Crippen molar-refractivity contribution in [1.29, 1.82) is 0 Å². The van der Waals surface area contributed by atoms with Crippen LogP contribution in [0.1, 0.15) is 18.5 Å². The van der Waals surface area contributed by atoms with Crippen LogP contribution in [0.15, 0.2) is 48.7 Å². The number of halogens is 1. The second-order valence-corrected chi connectivity index (χ2v) is 7.75. The minimum Gasteiger partial charge on any atom is -0.340 e. The number of likely N-dealkylation sites (tertiary alicyclic amines) is 1. The third kappa shape index (κ3) is 3.69. The summed E-state index contributed by atoms with van der Waals surface area (Å²) >= 11 is 0. The van der Waals surface area contributed by atoms with E-state index in [2.05, 4.69) is 10.3 Å². The quantitative estimate of drug-likeness (QED) is 0.884. The van der Waals surface area contributed by atoms with E-state index in [0.29, 0.717) is 25.3 Å². The van der Waals surface area contributed by atoms with Crippen LogP contribution in [0.25, 0.3) is 0 Å². The van der Waals surface area contributed by atoms with Gasteiger partial charge in [0.25, 0.3) is 0 Å². The Morgan fingerprint density at radius 1 is 1.32 bits per heavy atom. The Hall–Kier alpha value is -2.96. The first-order valence-corrected chi connectivity index (χ1v) is 9.43. The molecule has 2 atom stereocenters. The van der Waals surface area contributed by atoms with Gasteiger partial charge in [-0.05, 0) is 43.2 Å². The standard InChI is InChI=1S/C21H23FN4O2/c1-25(13-17-6-2-3-9-23-17)19(27)18-12-21(18)8-10-26(14-21)20(28)24-16-7-4-5-15(22)11-16/h2-7,9,11,18H,8,10,12-14H2,1H3,(H,24,28)/t18-,21+/m1/s1. The number of benzene rings is 1. The second-order valence-electron chi connectivity index (χ2n) is 7.75. The molecule has 0 bridgehead atoms. The number of carbonyl (C=O) groups excluding carboxylic acids is 2. The number of urea groups is 1. The van der Waals surface area contributed by atoms with Gasteiger partial charge in [-0.1, -0.05) is 12.1 Å². The monoisotopic (exact) mass is 382 g/mol. The maximum atomic E-state index is 13.3. The van der Waals surface area contributed by atoms with E-state index in [0.717, 1.165) is 18.5 Å². The fourth-order valence-electron chi connectivity index (χ4n) is 4.06. The summed E-state index contributed by atoms with van der Waals surface area (Å²) in [4.78, 5) is 33.0. The zero-order valence-corrected chi connectivity index (χ0v) is 15.8. The first-order chi connectivity index (χ1) is 13.5. The molecule has 0 radical (unpaired) electrons.